The number of hydrogen-bond donors (Lipinski definition) is 2. The number of benzene rings is 3. The molecule has 1 aliphatic rings. The lowest BCUT2D eigenvalue weighted by Gasteiger charge is -2.28. The van der Waals surface area contributed by atoms with E-state index in [1.54, 1.807) is 6.07 Å². The number of nitrogens with zero attached hydrogens (tertiary/aromatic N) is 1. The number of rotatable bonds is 8. The number of fused-ring (bicyclic) bond motifs is 1. The molecule has 31 heavy (non-hydrogen) atoms. The Morgan fingerprint density at radius 1 is 1.06 bits per heavy atom. The number of anilines is 2. The third kappa shape index (κ3) is 4.97. The van der Waals surface area contributed by atoms with E-state index in [4.69, 9.17) is 5.73 Å². The fourth-order valence-electron chi connectivity index (χ4n) is 4.59. The molecule has 0 aliphatic heterocycles. The Balaban J connectivity index is 1.41. The van der Waals surface area contributed by atoms with Crippen molar-refractivity contribution in [2.75, 3.05) is 24.1 Å². The molecule has 0 saturated carbocycles. The van der Waals surface area contributed by atoms with Gasteiger partial charge in [0, 0.05) is 11.6 Å². The molecule has 1 aliphatic carbocycles. The van der Waals surface area contributed by atoms with Crippen molar-refractivity contribution in [2.45, 2.75) is 38.6 Å². The summed E-state index contributed by atoms with van der Waals surface area (Å²) in [6, 6.07) is 24.6. The molecule has 1 unspecified atom stereocenters. The fourth-order valence-corrected chi connectivity index (χ4v) is 4.59. The summed E-state index contributed by atoms with van der Waals surface area (Å²) in [6.45, 7) is 4.37. The lowest BCUT2D eigenvalue weighted by molar-refractivity contribution is 0.102. The Morgan fingerprint density at radius 2 is 1.84 bits per heavy atom. The van der Waals surface area contributed by atoms with Crippen molar-refractivity contribution < 1.29 is 4.79 Å². The normalized spacial score (nSPS) is 15.1. The minimum atomic E-state index is -0.112. The molecule has 0 aromatic heterocycles. The first-order chi connectivity index (χ1) is 15.2. The van der Waals surface area contributed by atoms with Gasteiger partial charge in [0.25, 0.3) is 5.91 Å². The molecule has 1 atom stereocenters. The number of nitrogens with one attached hydrogen (secondary N) is 1. The van der Waals surface area contributed by atoms with E-state index in [0.29, 0.717) is 23.0 Å². The standard InChI is InChI=1S/C27H31N3O/c1-2-30(18-8-11-20-9-4-3-5-10-20)26-17-15-21-19-22(14-16-23(21)26)27(31)29-25-13-7-6-12-24(25)28/h3-7,9-10,12-14,16,19,26H,2,8,11,15,17-18,28H2,1H3,(H,29,31). The quantitative estimate of drug-likeness (QED) is 0.482. The topological polar surface area (TPSA) is 58.4 Å². The Hall–Kier alpha value is -3.11. The van der Waals surface area contributed by atoms with Crippen LogP contribution >= 0.6 is 0 Å². The molecule has 4 nitrogen and oxygen atoms in total. The van der Waals surface area contributed by atoms with Gasteiger partial charge in [0.15, 0.2) is 0 Å². The van der Waals surface area contributed by atoms with Crippen LogP contribution < -0.4 is 11.1 Å². The molecule has 0 saturated heterocycles. The maximum Gasteiger partial charge on any atom is 0.255 e. The van der Waals surface area contributed by atoms with Crippen LogP contribution in [0, 0.1) is 0 Å². The van der Waals surface area contributed by atoms with Gasteiger partial charge in [-0.05, 0) is 79.7 Å². The number of nitrogen functional groups attached to an aromatic ring is 1. The van der Waals surface area contributed by atoms with E-state index >= 15 is 0 Å². The number of aryl methyl sites for hydroxylation is 2. The fraction of sp³-hybridized carbons (Fsp3) is 0.296. The van der Waals surface area contributed by atoms with Crippen molar-refractivity contribution in [2.24, 2.45) is 0 Å². The molecule has 3 aromatic carbocycles. The predicted molar refractivity (Wildman–Crippen MR) is 128 cm³/mol. The largest absolute Gasteiger partial charge is 0.397 e. The molecular weight excluding hydrogens is 382 g/mol. The summed E-state index contributed by atoms with van der Waals surface area (Å²) in [7, 11) is 0. The van der Waals surface area contributed by atoms with E-state index in [2.05, 4.69) is 59.6 Å². The van der Waals surface area contributed by atoms with Crippen molar-refractivity contribution in [3.05, 3.63) is 95.1 Å². The van der Waals surface area contributed by atoms with Crippen molar-refractivity contribution in [1.82, 2.24) is 4.90 Å². The third-order valence-corrected chi connectivity index (χ3v) is 6.26. The second-order valence-electron chi connectivity index (χ2n) is 8.23. The van der Waals surface area contributed by atoms with Gasteiger partial charge in [0.05, 0.1) is 11.4 Å². The zero-order valence-electron chi connectivity index (χ0n) is 18.2. The van der Waals surface area contributed by atoms with Crippen LogP contribution in [0.3, 0.4) is 0 Å². The van der Waals surface area contributed by atoms with Crippen LogP contribution in [0.5, 0.6) is 0 Å². The van der Waals surface area contributed by atoms with Crippen LogP contribution in [0.4, 0.5) is 11.4 Å². The van der Waals surface area contributed by atoms with Crippen LogP contribution in [-0.2, 0) is 12.8 Å². The predicted octanol–water partition coefficient (Wildman–Crippen LogP) is 5.46. The van der Waals surface area contributed by atoms with Gasteiger partial charge in [-0.3, -0.25) is 9.69 Å². The van der Waals surface area contributed by atoms with E-state index in [1.165, 1.54) is 16.7 Å². The zero-order chi connectivity index (χ0) is 21.6. The van der Waals surface area contributed by atoms with E-state index in [0.717, 1.165) is 38.8 Å². The Kier molecular flexibility index (Phi) is 6.68. The van der Waals surface area contributed by atoms with Gasteiger partial charge in [0.1, 0.15) is 0 Å². The van der Waals surface area contributed by atoms with Crippen LogP contribution in [0.1, 0.15) is 52.9 Å². The summed E-state index contributed by atoms with van der Waals surface area (Å²) in [4.78, 5) is 15.3. The maximum absolute atomic E-state index is 12.7. The molecular formula is C27H31N3O. The molecule has 0 heterocycles. The number of hydrogen-bond acceptors (Lipinski definition) is 3. The smallest absolute Gasteiger partial charge is 0.255 e. The number of amides is 1. The lowest BCUT2D eigenvalue weighted by Crippen LogP contribution is -2.28. The molecule has 1 amide bonds. The zero-order valence-corrected chi connectivity index (χ0v) is 18.2. The van der Waals surface area contributed by atoms with E-state index in [9.17, 15) is 4.79 Å². The summed E-state index contributed by atoms with van der Waals surface area (Å²) >= 11 is 0. The van der Waals surface area contributed by atoms with Crippen LogP contribution in [0.2, 0.25) is 0 Å². The van der Waals surface area contributed by atoms with Crippen LogP contribution in [0.25, 0.3) is 0 Å². The van der Waals surface area contributed by atoms with Crippen LogP contribution in [0.15, 0.2) is 72.8 Å². The number of carbonyl (C=O) groups excluding carboxylic acids is 1. The van der Waals surface area contributed by atoms with Gasteiger partial charge in [0.2, 0.25) is 0 Å². The molecule has 3 aromatic rings. The number of carbonyl (C=O) groups is 1. The average molecular weight is 414 g/mol. The molecule has 160 valence electrons. The summed E-state index contributed by atoms with van der Waals surface area (Å²) in [6.07, 6.45) is 4.40. The molecule has 4 rings (SSSR count). The summed E-state index contributed by atoms with van der Waals surface area (Å²) in [5, 5.41) is 2.93. The monoisotopic (exact) mass is 413 g/mol. The number of nitrogens with two attached hydrogens (primary N) is 1. The van der Waals surface area contributed by atoms with Gasteiger partial charge in [-0.25, -0.2) is 0 Å². The Bertz CT molecular complexity index is 1030. The van der Waals surface area contributed by atoms with Gasteiger partial charge in [-0.2, -0.15) is 0 Å². The van der Waals surface area contributed by atoms with E-state index in [1.807, 2.05) is 24.3 Å². The third-order valence-electron chi connectivity index (χ3n) is 6.26. The highest BCUT2D eigenvalue weighted by atomic mass is 16.1. The first kappa shape index (κ1) is 21.1. The first-order valence-corrected chi connectivity index (χ1v) is 11.2. The van der Waals surface area contributed by atoms with Gasteiger partial charge < -0.3 is 11.1 Å². The summed E-state index contributed by atoms with van der Waals surface area (Å²) in [5.74, 6) is -0.112. The van der Waals surface area contributed by atoms with E-state index < -0.39 is 0 Å². The van der Waals surface area contributed by atoms with Gasteiger partial charge >= 0.3 is 0 Å². The summed E-state index contributed by atoms with van der Waals surface area (Å²) in [5.41, 5.74) is 11.9. The minimum absolute atomic E-state index is 0.112. The Morgan fingerprint density at radius 3 is 2.61 bits per heavy atom. The van der Waals surface area contributed by atoms with Crippen LogP contribution in [-0.4, -0.2) is 23.9 Å². The van der Waals surface area contributed by atoms with Crippen molar-refractivity contribution in [3.63, 3.8) is 0 Å². The van der Waals surface area contributed by atoms with Crippen molar-refractivity contribution >= 4 is 17.3 Å². The highest BCUT2D eigenvalue weighted by Crippen LogP contribution is 2.36. The van der Waals surface area contributed by atoms with Gasteiger partial charge in [-0.15, -0.1) is 0 Å². The first-order valence-electron chi connectivity index (χ1n) is 11.2. The Labute approximate surface area is 185 Å². The van der Waals surface area contributed by atoms with Crippen molar-refractivity contribution in [3.8, 4) is 0 Å². The average Bonchev–Trinajstić information content (AvgIpc) is 3.22. The summed E-state index contributed by atoms with van der Waals surface area (Å²) < 4.78 is 0. The second-order valence-corrected chi connectivity index (χ2v) is 8.23. The van der Waals surface area contributed by atoms with E-state index in [-0.39, 0.29) is 5.91 Å². The molecule has 3 N–H and O–H groups in total. The second kappa shape index (κ2) is 9.80. The van der Waals surface area contributed by atoms with Gasteiger partial charge in [-0.1, -0.05) is 55.5 Å². The van der Waals surface area contributed by atoms with Crippen molar-refractivity contribution in [1.29, 1.82) is 0 Å². The minimum Gasteiger partial charge on any atom is -0.397 e. The lowest BCUT2D eigenvalue weighted by atomic mass is 10.0. The molecule has 0 radical (unpaired) electrons. The molecule has 0 bridgehead atoms. The molecule has 4 heteroatoms. The SMILES string of the molecule is CCN(CCCc1ccccc1)C1CCc2cc(C(=O)Nc3ccccc3N)ccc21. The maximum atomic E-state index is 12.7. The molecule has 0 spiro atoms. The number of para-hydroxylation sites is 2. The highest BCUT2D eigenvalue weighted by Gasteiger charge is 2.27. The highest BCUT2D eigenvalue weighted by molar-refractivity contribution is 6.05. The molecule has 0 fully saturated rings.